The zero-order valence-electron chi connectivity index (χ0n) is 19.4. The Hall–Kier alpha value is -1.69. The van der Waals surface area contributed by atoms with Gasteiger partial charge in [-0.25, -0.2) is 4.79 Å². The van der Waals surface area contributed by atoms with Crippen molar-refractivity contribution in [2.24, 2.45) is 11.8 Å². The van der Waals surface area contributed by atoms with Gasteiger partial charge in [0.2, 0.25) is 6.29 Å². The Balaban J connectivity index is 1.44. The molecule has 0 aromatic heterocycles. The van der Waals surface area contributed by atoms with Gasteiger partial charge in [0.1, 0.15) is 42.7 Å². The topological polar surface area (TPSA) is 214 Å². The summed E-state index contributed by atoms with van der Waals surface area (Å²) < 4.78 is 32.4. The zero-order valence-corrected chi connectivity index (χ0v) is 19.4. The highest BCUT2D eigenvalue weighted by molar-refractivity contribution is 5.89. The molecule has 0 radical (unpaired) electrons. The van der Waals surface area contributed by atoms with Gasteiger partial charge in [-0.2, -0.15) is 0 Å². The van der Waals surface area contributed by atoms with Crippen LogP contribution in [0.5, 0.6) is 0 Å². The maximum absolute atomic E-state index is 12.1. The molecule has 0 aromatic rings. The molecule has 3 aliphatic heterocycles. The van der Waals surface area contributed by atoms with E-state index in [9.17, 15) is 40.5 Å². The highest BCUT2D eigenvalue weighted by Gasteiger charge is 2.50. The first kappa shape index (κ1) is 27.3. The molecule has 36 heavy (non-hydrogen) atoms. The summed E-state index contributed by atoms with van der Waals surface area (Å²) in [6.45, 7) is -1.07. The van der Waals surface area contributed by atoms with Crippen molar-refractivity contribution < 1.29 is 69.0 Å². The molecule has 2 saturated heterocycles. The van der Waals surface area contributed by atoms with E-state index in [-0.39, 0.29) is 18.8 Å². The summed E-state index contributed by atoms with van der Waals surface area (Å²) in [4.78, 5) is 12.1. The molecule has 7 N–H and O–H groups in total. The first-order valence-corrected chi connectivity index (χ1v) is 11.5. The van der Waals surface area contributed by atoms with Crippen LogP contribution in [0.15, 0.2) is 23.5 Å². The maximum atomic E-state index is 12.1. The molecule has 0 saturated carbocycles. The van der Waals surface area contributed by atoms with Gasteiger partial charge in [0.25, 0.3) is 0 Å². The molecule has 1 aliphatic carbocycles. The zero-order chi connectivity index (χ0) is 26.1. The summed E-state index contributed by atoms with van der Waals surface area (Å²) >= 11 is 0. The number of carbonyl (C=O) groups is 1. The molecule has 2 fully saturated rings. The Morgan fingerprint density at radius 1 is 1.00 bits per heavy atom. The normalized spacial score (nSPS) is 44.8. The summed E-state index contributed by atoms with van der Waals surface area (Å²) in [6, 6.07) is 0. The number of aliphatic hydroxyl groups is 7. The second kappa shape index (κ2) is 11.4. The van der Waals surface area contributed by atoms with Crippen LogP contribution in [0.1, 0.15) is 6.42 Å². The Bertz CT molecular complexity index is 847. The molecule has 4 aliphatic rings. The van der Waals surface area contributed by atoms with Crippen LogP contribution in [0, 0.1) is 11.8 Å². The number of esters is 1. The van der Waals surface area contributed by atoms with Gasteiger partial charge in [0.15, 0.2) is 12.6 Å². The van der Waals surface area contributed by atoms with E-state index in [0.29, 0.717) is 12.0 Å². The molecule has 0 spiro atoms. The molecule has 0 amide bonds. The quantitative estimate of drug-likeness (QED) is 0.127. The van der Waals surface area contributed by atoms with Crippen LogP contribution >= 0.6 is 0 Å². The summed E-state index contributed by atoms with van der Waals surface area (Å²) in [5.41, 5.74) is 0.807. The van der Waals surface area contributed by atoms with Gasteiger partial charge in [-0.3, -0.25) is 0 Å². The number of allylic oxidation sites excluding steroid dienone is 1. The minimum Gasteiger partial charge on any atom is -0.471 e. The van der Waals surface area contributed by atoms with Crippen molar-refractivity contribution in [3.63, 3.8) is 0 Å². The van der Waals surface area contributed by atoms with Crippen LogP contribution in [0.25, 0.3) is 0 Å². The molecular formula is C22H32O14. The Labute approximate surface area is 205 Å². The predicted molar refractivity (Wildman–Crippen MR) is 113 cm³/mol. The lowest BCUT2D eigenvalue weighted by Gasteiger charge is -2.43. The lowest BCUT2D eigenvalue weighted by molar-refractivity contribution is -0.348. The number of methoxy groups -OCH3 is 1. The number of carbonyl (C=O) groups excluding carboxylic acids is 1. The van der Waals surface area contributed by atoms with E-state index in [2.05, 4.69) is 0 Å². The van der Waals surface area contributed by atoms with E-state index in [1.54, 1.807) is 6.08 Å². The number of hydrogen-bond acceptors (Lipinski definition) is 14. The molecule has 3 heterocycles. The van der Waals surface area contributed by atoms with Crippen molar-refractivity contribution in [2.75, 3.05) is 26.9 Å². The van der Waals surface area contributed by atoms with Gasteiger partial charge in [0, 0.05) is 5.92 Å². The highest BCUT2D eigenvalue weighted by Crippen LogP contribution is 2.44. The van der Waals surface area contributed by atoms with Crippen LogP contribution < -0.4 is 0 Å². The SMILES string of the molecule is COC(=O)C1=CO[C@@H](O[C@@H]2O[C@H](CO[C@H]3OC[C@@H](O)[C@H](O)[C@H]3O)[C@@H](O)[C@H](O)[C@H]2O)[C@@H]2C(CO)=CC[C@H]12. The van der Waals surface area contributed by atoms with Crippen molar-refractivity contribution in [1.82, 2.24) is 0 Å². The van der Waals surface area contributed by atoms with Crippen molar-refractivity contribution in [2.45, 2.75) is 68.0 Å². The van der Waals surface area contributed by atoms with Crippen molar-refractivity contribution in [3.8, 4) is 0 Å². The maximum Gasteiger partial charge on any atom is 0.337 e. The van der Waals surface area contributed by atoms with Gasteiger partial charge in [-0.05, 0) is 12.0 Å². The average molecular weight is 520 g/mol. The van der Waals surface area contributed by atoms with Crippen LogP contribution in [0.3, 0.4) is 0 Å². The molecule has 0 bridgehead atoms. The summed E-state index contributed by atoms with van der Waals surface area (Å²) in [7, 11) is 1.23. The van der Waals surface area contributed by atoms with E-state index < -0.39 is 86.0 Å². The predicted octanol–water partition coefficient (Wildman–Crippen LogP) is -3.77. The monoisotopic (exact) mass is 520 g/mol. The lowest BCUT2D eigenvalue weighted by atomic mass is 9.83. The standard InChI is InChI=1S/C22H32O14/c1-31-19(30)10-5-32-20(13-8(4-23)2-3-9(10)13)36-22-18(29)16(27)15(26)12(35-22)7-34-21-17(28)14(25)11(24)6-33-21/h2,5,9,11-18,20-29H,3-4,6-7H2,1H3/t9-,11-,12-,13-,14+,15-,16+,17-,18-,20+,21-,22+/m1/s1. The first-order chi connectivity index (χ1) is 17.2. The molecule has 0 aromatic carbocycles. The van der Waals surface area contributed by atoms with Crippen molar-refractivity contribution in [1.29, 1.82) is 0 Å². The fourth-order valence-electron chi connectivity index (χ4n) is 4.84. The van der Waals surface area contributed by atoms with E-state index >= 15 is 0 Å². The van der Waals surface area contributed by atoms with Gasteiger partial charge in [-0.15, -0.1) is 0 Å². The van der Waals surface area contributed by atoms with E-state index in [1.807, 2.05) is 0 Å². The van der Waals surface area contributed by atoms with E-state index in [1.165, 1.54) is 13.4 Å². The summed E-state index contributed by atoms with van der Waals surface area (Å²) in [5.74, 6) is -1.62. The van der Waals surface area contributed by atoms with Crippen LogP contribution in [0.2, 0.25) is 0 Å². The Morgan fingerprint density at radius 3 is 2.42 bits per heavy atom. The van der Waals surface area contributed by atoms with Gasteiger partial charge < -0.3 is 64.2 Å². The van der Waals surface area contributed by atoms with Crippen molar-refractivity contribution >= 4 is 5.97 Å². The number of aliphatic hydroxyl groups excluding tert-OH is 7. The van der Waals surface area contributed by atoms with Crippen LogP contribution in [-0.4, -0.2) is 130 Å². The fourth-order valence-corrected chi connectivity index (χ4v) is 4.84. The number of hydrogen-bond donors (Lipinski definition) is 7. The Morgan fingerprint density at radius 2 is 1.72 bits per heavy atom. The molecule has 12 atom stereocenters. The highest BCUT2D eigenvalue weighted by atomic mass is 16.8. The van der Waals surface area contributed by atoms with Crippen LogP contribution in [0.4, 0.5) is 0 Å². The van der Waals surface area contributed by atoms with E-state index in [4.69, 9.17) is 28.4 Å². The third-order valence-corrected chi connectivity index (χ3v) is 6.94. The minimum atomic E-state index is -1.71. The first-order valence-electron chi connectivity index (χ1n) is 11.5. The molecule has 4 rings (SSSR count). The number of rotatable bonds is 7. The minimum absolute atomic E-state index is 0.257. The molecular weight excluding hydrogens is 488 g/mol. The largest absolute Gasteiger partial charge is 0.471 e. The average Bonchev–Trinajstić information content (AvgIpc) is 3.32. The number of fused-ring (bicyclic) bond motifs is 1. The molecule has 204 valence electrons. The van der Waals surface area contributed by atoms with E-state index in [0.717, 1.165) is 0 Å². The summed E-state index contributed by atoms with van der Waals surface area (Å²) in [6.07, 6.45) is -11.3. The lowest BCUT2D eigenvalue weighted by Crippen LogP contribution is -2.61. The second-order valence-electron chi connectivity index (χ2n) is 9.11. The van der Waals surface area contributed by atoms with Gasteiger partial charge in [0.05, 0.1) is 44.7 Å². The summed E-state index contributed by atoms with van der Waals surface area (Å²) in [5, 5.41) is 70.4. The molecule has 14 heteroatoms. The fraction of sp³-hybridized carbons (Fsp3) is 0.773. The second-order valence-corrected chi connectivity index (χ2v) is 9.11. The molecule has 0 unspecified atom stereocenters. The van der Waals surface area contributed by atoms with Gasteiger partial charge >= 0.3 is 5.97 Å². The van der Waals surface area contributed by atoms with Crippen molar-refractivity contribution in [3.05, 3.63) is 23.5 Å². The third kappa shape index (κ3) is 5.16. The smallest absolute Gasteiger partial charge is 0.337 e. The molecule has 14 nitrogen and oxygen atoms in total. The Kier molecular flexibility index (Phi) is 8.63. The number of ether oxygens (including phenoxy) is 6. The van der Waals surface area contributed by atoms with Gasteiger partial charge in [-0.1, -0.05) is 6.08 Å². The van der Waals surface area contributed by atoms with Crippen LogP contribution in [-0.2, 0) is 33.2 Å². The third-order valence-electron chi connectivity index (χ3n) is 6.94.